The Bertz CT molecular complexity index is 194. The molecule has 4 nitrogen and oxygen atoms in total. The van der Waals surface area contributed by atoms with Crippen molar-refractivity contribution in [2.45, 2.75) is 37.8 Å². The molecule has 1 rings (SSSR count). The number of carboxylic acids is 1. The molecule has 1 heterocycles. The van der Waals surface area contributed by atoms with E-state index in [9.17, 15) is 4.79 Å². The van der Waals surface area contributed by atoms with Crippen molar-refractivity contribution in [1.29, 1.82) is 0 Å². The molecule has 1 saturated heterocycles. The van der Waals surface area contributed by atoms with E-state index in [1.54, 1.807) is 0 Å². The van der Waals surface area contributed by atoms with Crippen LogP contribution in [0.5, 0.6) is 0 Å². The molecule has 0 spiro atoms. The fraction of sp³-hybridized carbons (Fsp3) is 0.900. The lowest BCUT2D eigenvalue weighted by molar-refractivity contribution is -0.138. The minimum Gasteiger partial charge on any atom is -0.481 e. The van der Waals surface area contributed by atoms with Crippen LogP contribution in [0, 0.1) is 0 Å². The third kappa shape index (κ3) is 3.27. The van der Waals surface area contributed by atoms with Crippen LogP contribution in [0.25, 0.3) is 0 Å². The number of hydrogen-bond acceptors (Lipinski definition) is 3. The second-order valence-electron chi connectivity index (χ2n) is 4.01. The summed E-state index contributed by atoms with van der Waals surface area (Å²) in [6.45, 7) is 0.772. The van der Waals surface area contributed by atoms with Crippen LogP contribution in [0.3, 0.4) is 0 Å². The summed E-state index contributed by atoms with van der Waals surface area (Å²) in [6.07, 6.45) is 3.10. The van der Waals surface area contributed by atoms with E-state index >= 15 is 0 Å². The third-order valence-electron chi connectivity index (χ3n) is 2.71. The molecule has 1 fully saturated rings. The largest absolute Gasteiger partial charge is 0.481 e. The Morgan fingerprint density at radius 2 is 2.29 bits per heavy atom. The third-order valence-corrected chi connectivity index (χ3v) is 2.71. The van der Waals surface area contributed by atoms with Gasteiger partial charge in [0.05, 0.1) is 6.10 Å². The molecule has 1 aliphatic heterocycles. The molecule has 82 valence electrons. The van der Waals surface area contributed by atoms with Gasteiger partial charge < -0.3 is 14.7 Å². The number of nitrogens with zero attached hydrogens (tertiary/aromatic N) is 1. The zero-order valence-corrected chi connectivity index (χ0v) is 8.90. The van der Waals surface area contributed by atoms with Gasteiger partial charge in [-0.1, -0.05) is 0 Å². The van der Waals surface area contributed by atoms with Crippen LogP contribution in [0.2, 0.25) is 0 Å². The number of carbonyl (C=O) groups is 1. The predicted molar refractivity (Wildman–Crippen MR) is 53.3 cm³/mol. The Hall–Kier alpha value is -0.610. The van der Waals surface area contributed by atoms with Crippen molar-refractivity contribution in [1.82, 2.24) is 4.90 Å². The summed E-state index contributed by atoms with van der Waals surface area (Å²) in [4.78, 5) is 12.6. The molecule has 2 atom stereocenters. The fourth-order valence-corrected chi connectivity index (χ4v) is 1.96. The summed E-state index contributed by atoms with van der Waals surface area (Å²) in [5, 5.41) is 8.60. The molecular formula is C10H19NO3. The quantitative estimate of drug-likeness (QED) is 0.736. The van der Waals surface area contributed by atoms with Gasteiger partial charge in [0.25, 0.3) is 0 Å². The van der Waals surface area contributed by atoms with Crippen LogP contribution in [-0.4, -0.2) is 48.8 Å². The highest BCUT2D eigenvalue weighted by Gasteiger charge is 2.27. The van der Waals surface area contributed by atoms with E-state index in [-0.39, 0.29) is 12.5 Å². The van der Waals surface area contributed by atoms with Gasteiger partial charge in [0.15, 0.2) is 0 Å². The molecule has 0 aromatic rings. The van der Waals surface area contributed by atoms with Crippen molar-refractivity contribution in [3.63, 3.8) is 0 Å². The van der Waals surface area contributed by atoms with Crippen LogP contribution in [0.1, 0.15) is 25.7 Å². The summed E-state index contributed by atoms with van der Waals surface area (Å²) < 4.78 is 5.60. The zero-order chi connectivity index (χ0) is 10.6. The molecule has 14 heavy (non-hydrogen) atoms. The first-order chi connectivity index (χ1) is 6.61. The summed E-state index contributed by atoms with van der Waals surface area (Å²) in [5.74, 6) is -0.739. The summed E-state index contributed by atoms with van der Waals surface area (Å²) in [6, 6.07) is 0.378. The van der Waals surface area contributed by atoms with Gasteiger partial charge in [0.2, 0.25) is 0 Å². The van der Waals surface area contributed by atoms with E-state index < -0.39 is 5.97 Å². The van der Waals surface area contributed by atoms with Crippen molar-refractivity contribution in [2.24, 2.45) is 0 Å². The van der Waals surface area contributed by atoms with Crippen molar-refractivity contribution in [2.75, 3.05) is 20.7 Å². The molecule has 0 aromatic carbocycles. The van der Waals surface area contributed by atoms with E-state index in [1.807, 2.05) is 14.1 Å². The van der Waals surface area contributed by atoms with Gasteiger partial charge in [-0.3, -0.25) is 4.79 Å². The highest BCUT2D eigenvalue weighted by Crippen LogP contribution is 2.21. The van der Waals surface area contributed by atoms with E-state index in [1.165, 1.54) is 0 Å². The normalized spacial score (nSPS) is 27.9. The Labute approximate surface area is 84.8 Å². The maximum atomic E-state index is 10.4. The number of rotatable bonds is 4. The van der Waals surface area contributed by atoms with Gasteiger partial charge in [0, 0.05) is 19.1 Å². The van der Waals surface area contributed by atoms with Crippen molar-refractivity contribution in [3.05, 3.63) is 0 Å². The van der Waals surface area contributed by atoms with E-state index in [4.69, 9.17) is 9.84 Å². The van der Waals surface area contributed by atoms with Crippen LogP contribution in [0.15, 0.2) is 0 Å². The zero-order valence-electron chi connectivity index (χ0n) is 8.90. The molecule has 0 radical (unpaired) electrons. The second-order valence-corrected chi connectivity index (χ2v) is 4.01. The second kappa shape index (κ2) is 5.32. The lowest BCUT2D eigenvalue weighted by Gasteiger charge is -2.35. The van der Waals surface area contributed by atoms with E-state index in [0.717, 1.165) is 19.4 Å². The topological polar surface area (TPSA) is 49.8 Å². The highest BCUT2D eigenvalue weighted by molar-refractivity contribution is 5.66. The number of likely N-dealkylation sites (N-methyl/N-ethyl adjacent to an activating group) is 1. The highest BCUT2D eigenvalue weighted by atomic mass is 16.5. The first-order valence-electron chi connectivity index (χ1n) is 5.11. The molecule has 1 N–H and O–H groups in total. The van der Waals surface area contributed by atoms with Gasteiger partial charge >= 0.3 is 5.97 Å². The molecule has 0 amide bonds. The average Bonchev–Trinajstić information content (AvgIpc) is 2.15. The average molecular weight is 201 g/mol. The maximum absolute atomic E-state index is 10.4. The van der Waals surface area contributed by atoms with Gasteiger partial charge in [-0.15, -0.1) is 0 Å². The van der Waals surface area contributed by atoms with Crippen molar-refractivity contribution >= 4 is 5.97 Å². The van der Waals surface area contributed by atoms with Gasteiger partial charge in [-0.05, 0) is 33.4 Å². The SMILES string of the molecule is CN(C)C1CCCOC1CCC(=O)O. The number of carboxylic acid groups (broad SMARTS) is 1. The first kappa shape index (κ1) is 11.5. The molecule has 0 aromatic heterocycles. The molecular weight excluding hydrogens is 182 g/mol. The Kier molecular flexibility index (Phi) is 4.35. The predicted octanol–water partition coefficient (Wildman–Crippen LogP) is 0.960. The molecule has 1 aliphatic rings. The van der Waals surface area contributed by atoms with E-state index in [2.05, 4.69) is 4.90 Å². The summed E-state index contributed by atoms with van der Waals surface area (Å²) >= 11 is 0. The fourth-order valence-electron chi connectivity index (χ4n) is 1.96. The minimum absolute atomic E-state index is 0.0925. The smallest absolute Gasteiger partial charge is 0.303 e. The Morgan fingerprint density at radius 3 is 2.86 bits per heavy atom. The van der Waals surface area contributed by atoms with E-state index in [0.29, 0.717) is 12.5 Å². The standard InChI is InChI=1S/C10H19NO3/c1-11(2)8-4-3-7-14-9(8)5-6-10(12)13/h8-9H,3-7H2,1-2H3,(H,12,13). The minimum atomic E-state index is -0.739. The number of ether oxygens (including phenoxy) is 1. The monoisotopic (exact) mass is 201 g/mol. The molecule has 2 unspecified atom stereocenters. The lowest BCUT2D eigenvalue weighted by atomic mass is 9.98. The summed E-state index contributed by atoms with van der Waals surface area (Å²) in [7, 11) is 4.04. The number of aliphatic carboxylic acids is 1. The van der Waals surface area contributed by atoms with Crippen LogP contribution in [0.4, 0.5) is 0 Å². The Morgan fingerprint density at radius 1 is 1.57 bits per heavy atom. The van der Waals surface area contributed by atoms with Crippen LogP contribution < -0.4 is 0 Å². The van der Waals surface area contributed by atoms with Crippen molar-refractivity contribution in [3.8, 4) is 0 Å². The lowest BCUT2D eigenvalue weighted by Crippen LogP contribution is -2.44. The van der Waals surface area contributed by atoms with Gasteiger partial charge in [0.1, 0.15) is 0 Å². The first-order valence-corrected chi connectivity index (χ1v) is 5.11. The number of hydrogen-bond donors (Lipinski definition) is 1. The molecule has 0 saturated carbocycles. The molecule has 0 bridgehead atoms. The van der Waals surface area contributed by atoms with Gasteiger partial charge in [-0.2, -0.15) is 0 Å². The molecule has 0 aliphatic carbocycles. The van der Waals surface area contributed by atoms with Crippen LogP contribution >= 0.6 is 0 Å². The summed E-state index contributed by atoms with van der Waals surface area (Å²) in [5.41, 5.74) is 0. The van der Waals surface area contributed by atoms with Crippen molar-refractivity contribution < 1.29 is 14.6 Å². The Balaban J connectivity index is 2.41. The maximum Gasteiger partial charge on any atom is 0.303 e. The van der Waals surface area contributed by atoms with Gasteiger partial charge in [-0.25, -0.2) is 0 Å². The van der Waals surface area contributed by atoms with Crippen LogP contribution in [-0.2, 0) is 9.53 Å². The molecule has 4 heteroatoms.